The van der Waals surface area contributed by atoms with Crippen molar-refractivity contribution in [1.82, 2.24) is 14.9 Å². The van der Waals surface area contributed by atoms with E-state index < -0.39 is 11.7 Å². The predicted molar refractivity (Wildman–Crippen MR) is 121 cm³/mol. The van der Waals surface area contributed by atoms with Gasteiger partial charge in [0.05, 0.1) is 11.6 Å². The molecule has 1 N–H and O–H groups in total. The topological polar surface area (TPSA) is 58.1 Å². The van der Waals surface area contributed by atoms with Gasteiger partial charge in [-0.1, -0.05) is 30.4 Å². The van der Waals surface area contributed by atoms with Crippen LogP contribution in [0.25, 0.3) is 11.1 Å². The van der Waals surface area contributed by atoms with Crippen molar-refractivity contribution in [3.8, 4) is 11.1 Å². The highest BCUT2D eigenvalue weighted by Gasteiger charge is 2.31. The van der Waals surface area contributed by atoms with Gasteiger partial charge in [0.25, 0.3) is 5.91 Å². The first kappa shape index (κ1) is 23.4. The Morgan fingerprint density at radius 1 is 1.09 bits per heavy atom. The average molecular weight is 470 g/mol. The van der Waals surface area contributed by atoms with Gasteiger partial charge in [-0.15, -0.1) is 0 Å². The van der Waals surface area contributed by atoms with Crippen LogP contribution in [-0.4, -0.2) is 39.9 Å². The molecule has 1 atom stereocenters. The summed E-state index contributed by atoms with van der Waals surface area (Å²) in [7, 11) is 0. The zero-order valence-corrected chi connectivity index (χ0v) is 18.3. The van der Waals surface area contributed by atoms with Gasteiger partial charge in [0.15, 0.2) is 0 Å². The summed E-state index contributed by atoms with van der Waals surface area (Å²) < 4.78 is 51.7. The number of aromatic nitrogens is 2. The van der Waals surface area contributed by atoms with E-state index in [1.165, 1.54) is 18.2 Å². The molecule has 176 valence electrons. The molecule has 0 radical (unpaired) electrons. The standard InChI is InChI=1S/C25H22F4N4O/c1-16-5-11-21(17-6-9-19(26)10-7-17)23(32-16)24(34)33-13-3-2-4-20(33)15-31-22-12-8-18(14-30-22)25(27,28)29/h2-3,5-12,14,20H,4,13,15H2,1H3,(H,30,31). The summed E-state index contributed by atoms with van der Waals surface area (Å²) in [5.41, 5.74) is 1.38. The third-order valence-corrected chi connectivity index (χ3v) is 5.58. The van der Waals surface area contributed by atoms with Crippen molar-refractivity contribution in [2.24, 2.45) is 0 Å². The lowest BCUT2D eigenvalue weighted by atomic mass is 10.0. The maximum absolute atomic E-state index is 13.6. The van der Waals surface area contributed by atoms with Crippen molar-refractivity contribution in [1.29, 1.82) is 0 Å². The van der Waals surface area contributed by atoms with E-state index in [4.69, 9.17) is 0 Å². The quantitative estimate of drug-likeness (QED) is 0.396. The number of pyridine rings is 2. The Labute approximate surface area is 194 Å². The summed E-state index contributed by atoms with van der Waals surface area (Å²) in [5, 5.41) is 3.02. The fourth-order valence-corrected chi connectivity index (χ4v) is 3.77. The van der Waals surface area contributed by atoms with Crippen LogP contribution >= 0.6 is 0 Å². The lowest BCUT2D eigenvalue weighted by Crippen LogP contribution is -2.46. The summed E-state index contributed by atoms with van der Waals surface area (Å²) in [6, 6.07) is 11.4. The third kappa shape index (κ3) is 5.24. The van der Waals surface area contributed by atoms with Crippen LogP contribution in [-0.2, 0) is 6.18 Å². The second kappa shape index (κ2) is 9.62. The van der Waals surface area contributed by atoms with Crippen LogP contribution in [0.15, 0.2) is 66.9 Å². The Balaban J connectivity index is 1.55. The lowest BCUT2D eigenvalue weighted by molar-refractivity contribution is -0.137. The highest BCUT2D eigenvalue weighted by Crippen LogP contribution is 2.29. The number of nitrogens with zero attached hydrogens (tertiary/aromatic N) is 3. The normalized spacial score (nSPS) is 15.9. The molecule has 0 saturated heterocycles. The summed E-state index contributed by atoms with van der Waals surface area (Å²) in [5.74, 6) is -0.365. The largest absolute Gasteiger partial charge is 0.417 e. The van der Waals surface area contributed by atoms with Crippen molar-refractivity contribution in [3.05, 3.63) is 89.6 Å². The lowest BCUT2D eigenvalue weighted by Gasteiger charge is -2.33. The number of hydrogen-bond acceptors (Lipinski definition) is 4. The second-order valence-electron chi connectivity index (χ2n) is 7.98. The van der Waals surface area contributed by atoms with Gasteiger partial charge in [0.2, 0.25) is 0 Å². The minimum Gasteiger partial charge on any atom is -0.368 e. The molecule has 34 heavy (non-hydrogen) atoms. The van der Waals surface area contributed by atoms with Crippen molar-refractivity contribution >= 4 is 11.7 Å². The number of anilines is 1. The van der Waals surface area contributed by atoms with Crippen LogP contribution in [0.2, 0.25) is 0 Å². The first-order chi connectivity index (χ1) is 16.2. The first-order valence-corrected chi connectivity index (χ1v) is 10.7. The van der Waals surface area contributed by atoms with Crippen LogP contribution in [0.1, 0.15) is 28.2 Å². The average Bonchev–Trinajstić information content (AvgIpc) is 2.83. The fraction of sp³-hybridized carbons (Fsp3) is 0.240. The molecule has 3 heterocycles. The molecule has 1 aliphatic rings. The SMILES string of the molecule is Cc1ccc(-c2ccc(F)cc2)c(C(=O)N2CC=CCC2CNc2ccc(C(F)(F)F)cn2)n1. The van der Waals surface area contributed by atoms with E-state index in [0.29, 0.717) is 36.3 Å². The van der Waals surface area contributed by atoms with Crippen LogP contribution in [0, 0.1) is 12.7 Å². The molecule has 1 aliphatic heterocycles. The van der Waals surface area contributed by atoms with E-state index >= 15 is 0 Å². The molecule has 3 aromatic rings. The number of nitrogens with one attached hydrogen (secondary N) is 1. The van der Waals surface area contributed by atoms with E-state index in [0.717, 1.165) is 12.3 Å². The molecule has 1 aromatic carbocycles. The Morgan fingerprint density at radius 3 is 2.53 bits per heavy atom. The van der Waals surface area contributed by atoms with E-state index in [1.807, 2.05) is 12.2 Å². The smallest absolute Gasteiger partial charge is 0.368 e. The van der Waals surface area contributed by atoms with Gasteiger partial charge in [-0.2, -0.15) is 13.2 Å². The van der Waals surface area contributed by atoms with E-state index in [-0.39, 0.29) is 29.3 Å². The number of halogens is 4. The van der Waals surface area contributed by atoms with E-state index in [2.05, 4.69) is 15.3 Å². The summed E-state index contributed by atoms with van der Waals surface area (Å²) in [4.78, 5) is 23.6. The van der Waals surface area contributed by atoms with Crippen molar-refractivity contribution in [2.75, 3.05) is 18.4 Å². The zero-order chi connectivity index (χ0) is 24.3. The Morgan fingerprint density at radius 2 is 1.85 bits per heavy atom. The molecule has 1 amide bonds. The van der Waals surface area contributed by atoms with E-state index in [1.54, 1.807) is 36.1 Å². The molecule has 0 spiro atoms. The molecule has 0 bridgehead atoms. The number of alkyl halides is 3. The molecule has 0 saturated carbocycles. The maximum atomic E-state index is 13.6. The third-order valence-electron chi connectivity index (χ3n) is 5.58. The molecule has 0 aliphatic carbocycles. The number of benzene rings is 1. The number of amides is 1. The number of carbonyl (C=O) groups excluding carboxylic acids is 1. The fourth-order valence-electron chi connectivity index (χ4n) is 3.77. The summed E-state index contributed by atoms with van der Waals surface area (Å²) >= 11 is 0. The minimum atomic E-state index is -4.45. The number of carbonyl (C=O) groups is 1. The van der Waals surface area contributed by atoms with Gasteiger partial charge in [-0.3, -0.25) is 4.79 Å². The van der Waals surface area contributed by atoms with Gasteiger partial charge in [0, 0.05) is 30.5 Å². The molecule has 9 heteroatoms. The monoisotopic (exact) mass is 470 g/mol. The molecular formula is C25H22F4N4O. The molecule has 2 aromatic heterocycles. The van der Waals surface area contributed by atoms with Crippen LogP contribution in [0.4, 0.5) is 23.4 Å². The number of hydrogen-bond donors (Lipinski definition) is 1. The maximum Gasteiger partial charge on any atom is 0.417 e. The predicted octanol–water partition coefficient (Wildman–Crippen LogP) is 5.49. The van der Waals surface area contributed by atoms with Gasteiger partial charge in [-0.05, 0) is 49.2 Å². The molecule has 4 rings (SSSR count). The van der Waals surface area contributed by atoms with Gasteiger partial charge in [-0.25, -0.2) is 14.4 Å². The van der Waals surface area contributed by atoms with Crippen molar-refractivity contribution in [3.63, 3.8) is 0 Å². The van der Waals surface area contributed by atoms with Crippen LogP contribution in [0.3, 0.4) is 0 Å². The van der Waals surface area contributed by atoms with Crippen LogP contribution in [0.5, 0.6) is 0 Å². The van der Waals surface area contributed by atoms with Crippen molar-refractivity contribution < 1.29 is 22.4 Å². The zero-order valence-electron chi connectivity index (χ0n) is 18.3. The highest BCUT2D eigenvalue weighted by atomic mass is 19.4. The van der Waals surface area contributed by atoms with Gasteiger partial charge in [0.1, 0.15) is 17.3 Å². The number of rotatable bonds is 5. The summed E-state index contributed by atoms with van der Waals surface area (Å²) in [6.07, 6.45) is 0.736. The Bertz CT molecular complexity index is 1190. The second-order valence-corrected chi connectivity index (χ2v) is 7.98. The van der Waals surface area contributed by atoms with Gasteiger partial charge >= 0.3 is 6.18 Å². The highest BCUT2D eigenvalue weighted by molar-refractivity contribution is 5.99. The number of aryl methyl sites for hydroxylation is 1. The molecule has 0 fully saturated rings. The van der Waals surface area contributed by atoms with Gasteiger partial charge < -0.3 is 10.2 Å². The molecular weight excluding hydrogens is 448 g/mol. The Hall–Kier alpha value is -3.75. The van der Waals surface area contributed by atoms with Crippen molar-refractivity contribution in [2.45, 2.75) is 25.6 Å². The van der Waals surface area contributed by atoms with E-state index in [9.17, 15) is 22.4 Å². The minimum absolute atomic E-state index is 0.259. The van der Waals surface area contributed by atoms with Crippen LogP contribution < -0.4 is 5.32 Å². The Kier molecular flexibility index (Phi) is 6.63. The summed E-state index contributed by atoms with van der Waals surface area (Å²) in [6.45, 7) is 2.45. The molecule has 5 nitrogen and oxygen atoms in total. The molecule has 1 unspecified atom stereocenters. The first-order valence-electron chi connectivity index (χ1n) is 10.7.